The Balaban J connectivity index is 4.79. The van der Waals surface area contributed by atoms with E-state index in [1.54, 1.807) is 6.92 Å². The first kappa shape index (κ1) is 18.7. The van der Waals surface area contributed by atoms with Crippen molar-refractivity contribution in [3.8, 4) is 0 Å². The van der Waals surface area contributed by atoms with Crippen molar-refractivity contribution in [3.63, 3.8) is 0 Å². The first-order chi connectivity index (χ1) is 10.0. The molecule has 21 heavy (non-hydrogen) atoms. The molecule has 0 spiro atoms. The van der Waals surface area contributed by atoms with E-state index in [2.05, 4.69) is 5.43 Å². The molecule has 6 nitrogen and oxygen atoms in total. The van der Waals surface area contributed by atoms with Gasteiger partial charge in [0.05, 0.1) is 5.57 Å². The van der Waals surface area contributed by atoms with Crippen molar-refractivity contribution in [1.82, 2.24) is 10.4 Å². The van der Waals surface area contributed by atoms with Gasteiger partial charge in [-0.2, -0.15) is 0 Å². The second kappa shape index (κ2) is 10.5. The molecular formula is C14H19FN2O4. The Bertz CT molecular complexity index is 458. The predicted octanol–water partition coefficient (Wildman–Crippen LogP) is 0.886. The molecule has 7 heteroatoms. The fourth-order valence-electron chi connectivity index (χ4n) is 1.51. The van der Waals surface area contributed by atoms with Crippen LogP contribution in [-0.4, -0.2) is 43.1 Å². The number of hydrazine groups is 1. The van der Waals surface area contributed by atoms with Gasteiger partial charge in [0.15, 0.2) is 6.29 Å². The molecule has 0 rings (SSSR count). The van der Waals surface area contributed by atoms with E-state index < -0.39 is 18.5 Å². The van der Waals surface area contributed by atoms with Crippen LogP contribution in [0.4, 0.5) is 4.39 Å². The zero-order valence-corrected chi connectivity index (χ0v) is 12.1. The molecule has 1 N–H and O–H groups in total. The van der Waals surface area contributed by atoms with Crippen molar-refractivity contribution < 1.29 is 23.6 Å². The van der Waals surface area contributed by atoms with Gasteiger partial charge in [-0.3, -0.25) is 24.8 Å². The van der Waals surface area contributed by atoms with Crippen LogP contribution in [0, 0.1) is 0 Å². The molecule has 0 atom stereocenters. The van der Waals surface area contributed by atoms with Gasteiger partial charge in [-0.25, -0.2) is 4.39 Å². The smallest absolute Gasteiger partial charge is 0.272 e. The summed E-state index contributed by atoms with van der Waals surface area (Å²) < 4.78 is 12.5. The number of hydrogen-bond donors (Lipinski definition) is 1. The quantitative estimate of drug-likeness (QED) is 0.237. The number of unbranched alkanes of at least 4 members (excludes halogenated alkanes) is 1. The maximum atomic E-state index is 12.5. The summed E-state index contributed by atoms with van der Waals surface area (Å²) in [7, 11) is 1.30. The highest BCUT2D eigenvalue weighted by Gasteiger charge is 2.19. The zero-order valence-electron chi connectivity index (χ0n) is 12.1. The molecule has 0 fully saturated rings. The van der Waals surface area contributed by atoms with Crippen molar-refractivity contribution in [1.29, 1.82) is 0 Å². The summed E-state index contributed by atoms with van der Waals surface area (Å²) in [6.07, 6.45) is 4.21. The number of allylic oxidation sites excluding steroid dienone is 2. The maximum absolute atomic E-state index is 12.5. The number of halogens is 1. The molecule has 0 aromatic carbocycles. The van der Waals surface area contributed by atoms with Crippen molar-refractivity contribution in [2.45, 2.75) is 26.2 Å². The Hall–Kier alpha value is -2.31. The molecular weight excluding hydrogens is 279 g/mol. The van der Waals surface area contributed by atoms with Gasteiger partial charge in [0, 0.05) is 25.5 Å². The predicted molar refractivity (Wildman–Crippen MR) is 74.7 cm³/mol. The third kappa shape index (κ3) is 6.60. The molecule has 2 amide bonds. The summed E-state index contributed by atoms with van der Waals surface area (Å²) in [4.78, 5) is 44.6. The molecule has 0 bridgehead atoms. The van der Waals surface area contributed by atoms with Gasteiger partial charge in [-0.15, -0.1) is 0 Å². The highest BCUT2D eigenvalue weighted by molar-refractivity contribution is 6.05. The number of alkyl halides is 1. The van der Waals surface area contributed by atoms with Gasteiger partial charge in [-0.1, -0.05) is 6.08 Å². The molecule has 116 valence electrons. The van der Waals surface area contributed by atoms with Crippen molar-refractivity contribution >= 4 is 24.4 Å². The van der Waals surface area contributed by atoms with Crippen LogP contribution in [0.5, 0.6) is 0 Å². The lowest BCUT2D eigenvalue weighted by atomic mass is 10.1. The summed E-state index contributed by atoms with van der Waals surface area (Å²) >= 11 is 0. The van der Waals surface area contributed by atoms with E-state index in [1.807, 2.05) is 0 Å². The van der Waals surface area contributed by atoms with Crippen LogP contribution in [0.1, 0.15) is 26.2 Å². The monoisotopic (exact) mass is 298 g/mol. The van der Waals surface area contributed by atoms with E-state index in [0.29, 0.717) is 19.0 Å². The molecule has 0 radical (unpaired) electrons. The standard InChI is InChI=1S/C14H19FN2O4/c1-3-11(10-19)12(7-8-15)14(21)17(2)16-13(20)6-4-5-9-18/h3,7,9-10H,4-6,8H2,1-2H3,(H,16,20)/b11-3-,12-7+. The first-order valence-corrected chi connectivity index (χ1v) is 6.40. The molecule has 0 aromatic heterocycles. The number of likely N-dealkylation sites (N-methyl/N-ethyl adjacent to an activating group) is 1. The molecule has 0 aliphatic carbocycles. The number of carbonyl (C=O) groups excluding carboxylic acids is 4. The number of hydrogen-bond acceptors (Lipinski definition) is 4. The van der Waals surface area contributed by atoms with Crippen molar-refractivity contribution in [2.75, 3.05) is 13.7 Å². The highest BCUT2D eigenvalue weighted by Crippen LogP contribution is 2.10. The maximum Gasteiger partial charge on any atom is 0.272 e. The summed E-state index contributed by atoms with van der Waals surface area (Å²) in [6, 6.07) is 0. The Kier molecular flexibility index (Phi) is 9.32. The topological polar surface area (TPSA) is 83.6 Å². The molecule has 0 aliphatic heterocycles. The van der Waals surface area contributed by atoms with E-state index in [9.17, 15) is 23.6 Å². The number of rotatable bonds is 8. The second-order valence-electron chi connectivity index (χ2n) is 4.09. The van der Waals surface area contributed by atoms with Gasteiger partial charge in [-0.05, 0) is 19.4 Å². The van der Waals surface area contributed by atoms with Crippen LogP contribution in [0.3, 0.4) is 0 Å². The SMILES string of the molecule is C/C=C(C=O)\C(=C/CF)C(=O)N(C)NC(=O)CCCC=O. The minimum atomic E-state index is -0.909. The average molecular weight is 298 g/mol. The summed E-state index contributed by atoms with van der Waals surface area (Å²) in [5, 5.41) is 0.887. The Morgan fingerprint density at radius 3 is 2.43 bits per heavy atom. The van der Waals surface area contributed by atoms with Crippen LogP contribution in [0.15, 0.2) is 23.3 Å². The van der Waals surface area contributed by atoms with Crippen LogP contribution in [0.2, 0.25) is 0 Å². The molecule has 0 aliphatic rings. The second-order valence-corrected chi connectivity index (χ2v) is 4.09. The zero-order chi connectivity index (χ0) is 16.3. The number of nitrogens with zero attached hydrogens (tertiary/aromatic N) is 1. The van der Waals surface area contributed by atoms with Gasteiger partial charge in [0.2, 0.25) is 5.91 Å². The van der Waals surface area contributed by atoms with Gasteiger partial charge in [0.25, 0.3) is 5.91 Å². The minimum absolute atomic E-state index is 0.0414. The molecule has 0 saturated heterocycles. The Labute approximate surface area is 122 Å². The van der Waals surface area contributed by atoms with Gasteiger partial charge >= 0.3 is 0 Å². The van der Waals surface area contributed by atoms with Crippen LogP contribution in [-0.2, 0) is 19.2 Å². The normalized spacial score (nSPS) is 11.8. The first-order valence-electron chi connectivity index (χ1n) is 6.40. The number of nitrogens with one attached hydrogen (secondary N) is 1. The average Bonchev–Trinajstić information content (AvgIpc) is 2.47. The minimum Gasteiger partial charge on any atom is -0.303 e. The lowest BCUT2D eigenvalue weighted by Gasteiger charge is -2.19. The van der Waals surface area contributed by atoms with Crippen LogP contribution < -0.4 is 5.43 Å². The van der Waals surface area contributed by atoms with Crippen LogP contribution >= 0.6 is 0 Å². The van der Waals surface area contributed by atoms with Crippen molar-refractivity contribution in [3.05, 3.63) is 23.3 Å². The third-order valence-corrected chi connectivity index (χ3v) is 2.58. The Morgan fingerprint density at radius 2 is 1.95 bits per heavy atom. The summed E-state index contributed by atoms with van der Waals surface area (Å²) in [5.41, 5.74) is 2.22. The number of aldehydes is 2. The van der Waals surface area contributed by atoms with E-state index in [4.69, 9.17) is 0 Å². The third-order valence-electron chi connectivity index (χ3n) is 2.58. The number of carbonyl (C=O) groups is 4. The lowest BCUT2D eigenvalue weighted by Crippen LogP contribution is -2.44. The Morgan fingerprint density at radius 1 is 1.29 bits per heavy atom. The van der Waals surface area contributed by atoms with E-state index in [-0.39, 0.29) is 24.0 Å². The molecule has 0 unspecified atom stereocenters. The summed E-state index contributed by atoms with van der Waals surface area (Å²) in [5.74, 6) is -1.14. The van der Waals surface area contributed by atoms with E-state index >= 15 is 0 Å². The summed E-state index contributed by atoms with van der Waals surface area (Å²) in [6.45, 7) is 0.633. The van der Waals surface area contributed by atoms with E-state index in [1.165, 1.54) is 13.1 Å². The highest BCUT2D eigenvalue weighted by atomic mass is 19.1. The van der Waals surface area contributed by atoms with Crippen molar-refractivity contribution in [2.24, 2.45) is 0 Å². The van der Waals surface area contributed by atoms with Gasteiger partial charge in [0.1, 0.15) is 13.0 Å². The molecule has 0 saturated carbocycles. The molecule has 0 heterocycles. The van der Waals surface area contributed by atoms with E-state index in [0.717, 1.165) is 11.1 Å². The fraction of sp³-hybridized carbons (Fsp3) is 0.429. The number of amides is 2. The molecule has 0 aromatic rings. The fourth-order valence-corrected chi connectivity index (χ4v) is 1.51. The van der Waals surface area contributed by atoms with Crippen LogP contribution in [0.25, 0.3) is 0 Å². The largest absolute Gasteiger partial charge is 0.303 e. The van der Waals surface area contributed by atoms with Gasteiger partial charge < -0.3 is 4.79 Å². The lowest BCUT2D eigenvalue weighted by molar-refractivity contribution is -0.137.